The summed E-state index contributed by atoms with van der Waals surface area (Å²) in [4.78, 5) is 17.6. The quantitative estimate of drug-likeness (QED) is 0.440. The zero-order valence-corrected chi connectivity index (χ0v) is 18.5. The van der Waals surface area contributed by atoms with E-state index in [4.69, 9.17) is 9.47 Å². The summed E-state index contributed by atoms with van der Waals surface area (Å²) in [5.74, 6) is 2.14. The first kappa shape index (κ1) is 21.1. The van der Waals surface area contributed by atoms with Gasteiger partial charge in [-0.05, 0) is 19.1 Å². The highest BCUT2D eigenvalue weighted by molar-refractivity contribution is 5.80. The molecule has 0 unspecified atom stereocenters. The van der Waals surface area contributed by atoms with E-state index >= 15 is 0 Å². The number of fused-ring (bicyclic) bond motifs is 2. The first-order valence-electron chi connectivity index (χ1n) is 10.9. The molecule has 1 aliphatic rings. The second-order valence-corrected chi connectivity index (χ2v) is 8.11. The summed E-state index contributed by atoms with van der Waals surface area (Å²) in [7, 11) is 0. The molecule has 0 saturated heterocycles. The normalized spacial score (nSPS) is 14.8. The van der Waals surface area contributed by atoms with Gasteiger partial charge in [0.25, 0.3) is 5.88 Å². The summed E-state index contributed by atoms with van der Waals surface area (Å²) < 4.78 is 13.1. The van der Waals surface area contributed by atoms with Gasteiger partial charge in [0.05, 0.1) is 24.5 Å². The highest BCUT2D eigenvalue weighted by Crippen LogP contribution is 2.35. The number of hydrogen-bond acceptors (Lipinski definition) is 9. The van der Waals surface area contributed by atoms with Crippen molar-refractivity contribution in [3.63, 3.8) is 0 Å². The van der Waals surface area contributed by atoms with Gasteiger partial charge in [-0.15, -0.1) is 0 Å². The number of aliphatic hydroxyl groups excluding tert-OH is 1. The van der Waals surface area contributed by atoms with Crippen molar-refractivity contribution in [2.75, 3.05) is 25.1 Å². The van der Waals surface area contributed by atoms with Crippen molar-refractivity contribution < 1.29 is 14.6 Å². The lowest BCUT2D eigenvalue weighted by Gasteiger charge is -2.22. The highest BCUT2D eigenvalue weighted by atomic mass is 16.6. The maximum Gasteiger partial charge on any atom is 0.257 e. The number of rotatable bonds is 7. The number of pyridine rings is 2. The van der Waals surface area contributed by atoms with Crippen LogP contribution in [0.3, 0.4) is 0 Å². The van der Waals surface area contributed by atoms with E-state index in [0.717, 1.165) is 39.4 Å². The van der Waals surface area contributed by atoms with E-state index in [1.54, 1.807) is 30.2 Å². The van der Waals surface area contributed by atoms with Crippen LogP contribution in [-0.2, 0) is 6.54 Å². The van der Waals surface area contributed by atoms with Crippen molar-refractivity contribution in [1.82, 2.24) is 29.7 Å². The van der Waals surface area contributed by atoms with Crippen LogP contribution in [-0.4, -0.2) is 60.7 Å². The fourth-order valence-electron chi connectivity index (χ4n) is 3.84. The molecule has 33 heavy (non-hydrogen) atoms. The molecule has 0 amide bonds. The number of nitrogens with one attached hydrogen (secondary N) is 1. The Morgan fingerprint density at radius 1 is 1.09 bits per heavy atom. The molecule has 4 aromatic rings. The Labute approximate surface area is 190 Å². The smallest absolute Gasteiger partial charge is 0.257 e. The summed E-state index contributed by atoms with van der Waals surface area (Å²) in [6, 6.07) is 5.85. The number of nitrogens with zero attached hydrogens (tertiary/aromatic N) is 6. The molecule has 0 fully saturated rings. The van der Waals surface area contributed by atoms with Crippen LogP contribution in [0.15, 0.2) is 43.1 Å². The predicted molar refractivity (Wildman–Crippen MR) is 122 cm³/mol. The van der Waals surface area contributed by atoms with Crippen LogP contribution in [0.4, 0.5) is 5.82 Å². The van der Waals surface area contributed by atoms with E-state index in [1.165, 1.54) is 6.33 Å². The van der Waals surface area contributed by atoms with E-state index in [1.807, 2.05) is 18.2 Å². The first-order chi connectivity index (χ1) is 16.1. The lowest BCUT2D eigenvalue weighted by Crippen LogP contribution is -2.19. The number of hydrogen-bond donors (Lipinski definition) is 2. The minimum absolute atomic E-state index is 0.152. The van der Waals surface area contributed by atoms with Gasteiger partial charge in [0.15, 0.2) is 11.4 Å². The summed E-state index contributed by atoms with van der Waals surface area (Å²) in [6.07, 6.45) is 6.29. The van der Waals surface area contributed by atoms with Gasteiger partial charge in [0.2, 0.25) is 0 Å². The Morgan fingerprint density at radius 3 is 2.85 bits per heavy atom. The zero-order chi connectivity index (χ0) is 22.8. The molecule has 2 N–H and O–H groups in total. The van der Waals surface area contributed by atoms with Crippen molar-refractivity contribution >= 4 is 16.9 Å². The first-order valence-corrected chi connectivity index (χ1v) is 10.9. The molecule has 0 aromatic carbocycles. The predicted octanol–water partition coefficient (Wildman–Crippen LogP) is 2.65. The van der Waals surface area contributed by atoms with Gasteiger partial charge < -0.3 is 19.9 Å². The monoisotopic (exact) mass is 447 g/mol. The molecule has 10 heteroatoms. The van der Waals surface area contributed by atoms with Crippen LogP contribution in [0.25, 0.3) is 22.3 Å². The number of anilines is 1. The number of aliphatic hydroxyl groups is 1. The molecule has 10 nitrogen and oxygen atoms in total. The average molecular weight is 447 g/mol. The van der Waals surface area contributed by atoms with E-state index in [2.05, 4.69) is 37.3 Å². The van der Waals surface area contributed by atoms with E-state index in [9.17, 15) is 5.11 Å². The SMILES string of the molecule is C[C@H](O)Cn1ncc2cc(-c3cc(NC[C@@H](C)c4ccnc5c4OCCO5)ncn3)cnc21. The molecule has 0 bridgehead atoms. The second-order valence-electron chi connectivity index (χ2n) is 8.11. The van der Waals surface area contributed by atoms with Crippen LogP contribution in [0.2, 0.25) is 0 Å². The molecular weight excluding hydrogens is 422 g/mol. The van der Waals surface area contributed by atoms with Crippen molar-refractivity contribution in [3.8, 4) is 22.9 Å². The topological polar surface area (TPSA) is 120 Å². The van der Waals surface area contributed by atoms with Gasteiger partial charge >= 0.3 is 0 Å². The lowest BCUT2D eigenvalue weighted by atomic mass is 10.0. The van der Waals surface area contributed by atoms with Gasteiger partial charge in [0.1, 0.15) is 25.4 Å². The molecule has 2 atom stereocenters. The Balaban J connectivity index is 1.32. The number of aromatic nitrogens is 6. The average Bonchev–Trinajstić information content (AvgIpc) is 3.23. The highest BCUT2D eigenvalue weighted by Gasteiger charge is 2.21. The van der Waals surface area contributed by atoms with Crippen LogP contribution in [0.1, 0.15) is 25.3 Å². The Bertz CT molecular complexity index is 1270. The third-order valence-electron chi connectivity index (χ3n) is 5.47. The molecule has 0 spiro atoms. The third kappa shape index (κ3) is 4.42. The molecule has 4 aromatic heterocycles. The Kier molecular flexibility index (Phi) is 5.74. The Morgan fingerprint density at radius 2 is 1.97 bits per heavy atom. The lowest BCUT2D eigenvalue weighted by molar-refractivity contribution is 0.162. The molecule has 170 valence electrons. The zero-order valence-electron chi connectivity index (χ0n) is 18.5. The summed E-state index contributed by atoms with van der Waals surface area (Å²) in [5.41, 5.74) is 3.40. The number of ether oxygens (including phenoxy) is 2. The molecule has 0 radical (unpaired) electrons. The van der Waals surface area contributed by atoms with Crippen molar-refractivity contribution in [1.29, 1.82) is 0 Å². The van der Waals surface area contributed by atoms with E-state index in [0.29, 0.717) is 32.2 Å². The largest absolute Gasteiger partial charge is 0.484 e. The summed E-state index contributed by atoms with van der Waals surface area (Å²) >= 11 is 0. The summed E-state index contributed by atoms with van der Waals surface area (Å²) in [5, 5.41) is 18.2. The fourth-order valence-corrected chi connectivity index (χ4v) is 3.84. The standard InChI is InChI=1S/C23H25N7O3/c1-14(18-3-4-24-23-21(18)32-5-6-33-23)9-25-20-8-19(27-13-28-20)16-7-17-11-29-30(12-15(2)31)22(17)26-10-16/h3-4,7-8,10-11,13-15,31H,5-6,9,12H2,1-2H3,(H,25,27,28)/t14-,15+/m1/s1. The molecule has 5 rings (SSSR count). The maximum absolute atomic E-state index is 9.64. The molecular formula is C23H25N7O3. The van der Waals surface area contributed by atoms with Crippen LogP contribution in [0, 0.1) is 0 Å². The van der Waals surface area contributed by atoms with Gasteiger partial charge in [-0.25, -0.2) is 24.6 Å². The van der Waals surface area contributed by atoms with E-state index < -0.39 is 6.10 Å². The third-order valence-corrected chi connectivity index (χ3v) is 5.47. The minimum atomic E-state index is -0.496. The molecule has 1 aliphatic heterocycles. The maximum atomic E-state index is 9.64. The fraction of sp³-hybridized carbons (Fsp3) is 0.348. The van der Waals surface area contributed by atoms with Crippen LogP contribution in [0.5, 0.6) is 11.6 Å². The molecule has 0 aliphatic carbocycles. The second kappa shape index (κ2) is 8.99. The van der Waals surface area contributed by atoms with Crippen LogP contribution >= 0.6 is 0 Å². The van der Waals surface area contributed by atoms with Gasteiger partial charge in [0, 0.05) is 47.4 Å². The van der Waals surface area contributed by atoms with Crippen molar-refractivity contribution in [2.24, 2.45) is 0 Å². The van der Waals surface area contributed by atoms with Crippen molar-refractivity contribution in [2.45, 2.75) is 32.4 Å². The minimum Gasteiger partial charge on any atom is -0.484 e. The molecule has 5 heterocycles. The van der Waals surface area contributed by atoms with Crippen LogP contribution < -0.4 is 14.8 Å². The van der Waals surface area contributed by atoms with E-state index in [-0.39, 0.29) is 5.92 Å². The van der Waals surface area contributed by atoms with Crippen molar-refractivity contribution in [3.05, 3.63) is 48.7 Å². The van der Waals surface area contributed by atoms with Gasteiger partial charge in [-0.3, -0.25) is 0 Å². The molecule has 0 saturated carbocycles. The van der Waals surface area contributed by atoms with Gasteiger partial charge in [-0.1, -0.05) is 6.92 Å². The van der Waals surface area contributed by atoms with Gasteiger partial charge in [-0.2, -0.15) is 5.10 Å². The summed E-state index contributed by atoms with van der Waals surface area (Å²) in [6.45, 7) is 5.93. The Hall–Kier alpha value is -3.79.